The van der Waals surface area contributed by atoms with Crippen LogP contribution in [0.3, 0.4) is 0 Å². The molecule has 3 aliphatic rings. The molecular weight excluding hydrogens is 512 g/mol. The van der Waals surface area contributed by atoms with Crippen molar-refractivity contribution in [1.82, 2.24) is 15.0 Å². The molecule has 0 saturated carbocycles. The Balaban J connectivity index is 1.29. The molecule has 8 nitrogen and oxygen atoms in total. The maximum absolute atomic E-state index is 15.4. The summed E-state index contributed by atoms with van der Waals surface area (Å²) in [6, 6.07) is 8.67. The molecule has 1 N–H and O–H groups in total. The van der Waals surface area contributed by atoms with Crippen LogP contribution in [-0.2, 0) is 6.42 Å². The van der Waals surface area contributed by atoms with Crippen LogP contribution in [0.4, 0.5) is 26.2 Å². The highest BCUT2D eigenvalue weighted by Gasteiger charge is 2.25. The van der Waals surface area contributed by atoms with E-state index >= 15 is 4.39 Å². The topological polar surface area (TPSA) is 78.8 Å². The molecule has 10 heteroatoms. The number of aliphatic imine (C=N–C) groups is 1. The number of rotatable bonds is 6. The average Bonchev–Trinajstić information content (AvgIpc) is 3.58. The third-order valence-electron chi connectivity index (χ3n) is 7.03. The number of fused-ring (bicyclic) bond motifs is 1. The second-order valence-corrected chi connectivity index (χ2v) is 9.93. The van der Waals surface area contributed by atoms with E-state index in [1.807, 2.05) is 56.3 Å². The van der Waals surface area contributed by atoms with Gasteiger partial charge in [0.05, 0.1) is 6.54 Å². The van der Waals surface area contributed by atoms with Gasteiger partial charge in [0, 0.05) is 55.6 Å². The van der Waals surface area contributed by atoms with Crippen molar-refractivity contribution in [2.75, 3.05) is 47.8 Å². The lowest BCUT2D eigenvalue weighted by Gasteiger charge is -2.36. The lowest BCUT2D eigenvalue weighted by Crippen LogP contribution is -2.47. The number of hydrogen-bond donors (Lipinski definition) is 1. The summed E-state index contributed by atoms with van der Waals surface area (Å²) in [5.74, 6) is 1.25. The van der Waals surface area contributed by atoms with E-state index in [2.05, 4.69) is 35.1 Å². The smallest absolute Gasteiger partial charge is 0.326 e. The molecule has 3 aromatic rings. The lowest BCUT2D eigenvalue weighted by atomic mass is 10.1. The average molecular weight is 542 g/mol. The Kier molecular flexibility index (Phi) is 6.98. The first-order chi connectivity index (χ1) is 19.5. The molecule has 1 aromatic carbocycles. The van der Waals surface area contributed by atoms with Crippen LogP contribution in [0.2, 0.25) is 0 Å². The first kappa shape index (κ1) is 25.7. The molecule has 0 radical (unpaired) electrons. The second kappa shape index (κ2) is 10.9. The summed E-state index contributed by atoms with van der Waals surface area (Å²) in [5, 5.41) is 3.23. The molecule has 0 spiro atoms. The Morgan fingerprint density at radius 2 is 1.80 bits per heavy atom. The largest absolute Gasteiger partial charge is 0.421 e. The number of halogens is 2. The van der Waals surface area contributed by atoms with Crippen molar-refractivity contribution in [2.45, 2.75) is 20.3 Å². The van der Waals surface area contributed by atoms with Gasteiger partial charge < -0.3 is 19.9 Å². The molecule has 0 amide bonds. The summed E-state index contributed by atoms with van der Waals surface area (Å²) in [7, 11) is 0. The van der Waals surface area contributed by atoms with E-state index in [1.54, 1.807) is 12.3 Å². The number of piperazine rings is 1. The highest BCUT2D eigenvalue weighted by atomic mass is 19.1. The minimum Gasteiger partial charge on any atom is -0.421 e. The number of hydrogen-bond acceptors (Lipinski definition) is 8. The number of benzene rings is 1. The van der Waals surface area contributed by atoms with E-state index in [-0.39, 0.29) is 17.3 Å². The van der Waals surface area contributed by atoms with E-state index in [0.29, 0.717) is 49.1 Å². The van der Waals surface area contributed by atoms with Crippen LogP contribution in [0.5, 0.6) is 11.8 Å². The number of pyridine rings is 1. The van der Waals surface area contributed by atoms with Gasteiger partial charge in [0.1, 0.15) is 29.1 Å². The van der Waals surface area contributed by atoms with Gasteiger partial charge in [-0.1, -0.05) is 29.9 Å². The van der Waals surface area contributed by atoms with Gasteiger partial charge >= 0.3 is 6.01 Å². The number of nitrogens with zero attached hydrogens (tertiary/aromatic N) is 6. The molecule has 0 unspecified atom stereocenters. The van der Waals surface area contributed by atoms with Crippen molar-refractivity contribution in [3.63, 3.8) is 0 Å². The van der Waals surface area contributed by atoms with Crippen LogP contribution >= 0.6 is 0 Å². The van der Waals surface area contributed by atoms with Gasteiger partial charge in [-0.05, 0) is 44.1 Å². The minimum atomic E-state index is -0.625. The lowest BCUT2D eigenvalue weighted by molar-refractivity contribution is 0.406. The van der Waals surface area contributed by atoms with Gasteiger partial charge in [-0.2, -0.15) is 9.97 Å². The zero-order chi connectivity index (χ0) is 27.6. The maximum Gasteiger partial charge on any atom is 0.326 e. The summed E-state index contributed by atoms with van der Waals surface area (Å²) < 4.78 is 36.0. The van der Waals surface area contributed by atoms with Crippen molar-refractivity contribution in [3.05, 3.63) is 88.7 Å². The van der Waals surface area contributed by atoms with E-state index in [0.717, 1.165) is 36.1 Å². The normalized spacial score (nSPS) is 16.6. The van der Waals surface area contributed by atoms with Crippen LogP contribution < -0.4 is 19.9 Å². The number of amidine groups is 1. The van der Waals surface area contributed by atoms with E-state index < -0.39 is 11.6 Å². The third-order valence-corrected chi connectivity index (χ3v) is 7.03. The number of nitrogens with one attached hydrogen (secondary N) is 1. The quantitative estimate of drug-likeness (QED) is 0.438. The summed E-state index contributed by atoms with van der Waals surface area (Å²) in [4.78, 5) is 22.4. The van der Waals surface area contributed by atoms with E-state index in [1.165, 1.54) is 0 Å². The molecule has 6 rings (SSSR count). The Bertz CT molecular complexity index is 1560. The van der Waals surface area contributed by atoms with Crippen molar-refractivity contribution in [1.29, 1.82) is 0 Å². The van der Waals surface area contributed by atoms with Crippen LogP contribution in [0.25, 0.3) is 6.08 Å². The Morgan fingerprint density at radius 3 is 2.55 bits per heavy atom. The zero-order valence-electron chi connectivity index (χ0n) is 22.4. The highest BCUT2D eigenvalue weighted by molar-refractivity contribution is 6.05. The fourth-order valence-electron chi connectivity index (χ4n) is 5.09. The van der Waals surface area contributed by atoms with Gasteiger partial charge in [0.15, 0.2) is 11.6 Å². The Labute approximate surface area is 231 Å². The molecule has 1 aliphatic carbocycles. The van der Waals surface area contributed by atoms with Gasteiger partial charge in [0.2, 0.25) is 0 Å². The summed E-state index contributed by atoms with van der Waals surface area (Å²) >= 11 is 0. The SMILES string of the molecule is C/C=C/C1=CC(Nc2cc(N3CCN(c4ccccn4)CC3)nc(Oc3cc(F)c4c(c3F)C=C(C)C4)n2)=NC1. The number of allylic oxidation sites excluding steroid dienone is 2. The van der Waals surface area contributed by atoms with Crippen LogP contribution in [0, 0.1) is 11.6 Å². The standard InChI is InChI=1S/C30H29F2N7O/c1-3-6-20-15-25(34-18-20)35-26-17-28(39-11-9-38(10-12-39)27-7-4-5-8-33-27)37-30(36-26)40-24-16-23(31)21-13-19(2)14-22(21)29(24)32/h3-8,14-17H,9-13,18H2,1-2H3,(H,34,35,36,37)/b6-3+. The summed E-state index contributed by atoms with van der Waals surface area (Å²) in [6.07, 6.45) is 9.73. The van der Waals surface area contributed by atoms with Gasteiger partial charge in [-0.3, -0.25) is 4.99 Å². The molecule has 2 aromatic heterocycles. The Morgan fingerprint density at radius 1 is 1.00 bits per heavy atom. The number of ether oxygens (including phenoxy) is 1. The van der Waals surface area contributed by atoms with Crippen LogP contribution in [0.15, 0.2) is 70.9 Å². The van der Waals surface area contributed by atoms with Gasteiger partial charge in [0.25, 0.3) is 0 Å². The molecule has 40 heavy (non-hydrogen) atoms. The van der Waals surface area contributed by atoms with E-state index in [4.69, 9.17) is 4.74 Å². The van der Waals surface area contributed by atoms with Gasteiger partial charge in [-0.15, -0.1) is 0 Å². The third kappa shape index (κ3) is 5.29. The number of anilines is 3. The molecule has 4 heterocycles. The minimum absolute atomic E-state index is 0.0830. The fraction of sp³-hybridized carbons (Fsp3) is 0.267. The molecular formula is C30H29F2N7O. The monoisotopic (exact) mass is 541 g/mol. The molecule has 204 valence electrons. The van der Waals surface area contributed by atoms with Crippen molar-refractivity contribution >= 4 is 29.4 Å². The Hall–Kier alpha value is -4.60. The molecule has 0 bridgehead atoms. The van der Waals surface area contributed by atoms with E-state index in [9.17, 15) is 4.39 Å². The molecule has 2 aliphatic heterocycles. The molecule has 1 fully saturated rings. The predicted octanol–water partition coefficient (Wildman–Crippen LogP) is 5.55. The first-order valence-electron chi connectivity index (χ1n) is 13.3. The van der Waals surface area contributed by atoms with Crippen molar-refractivity contribution in [3.8, 4) is 11.8 Å². The highest BCUT2D eigenvalue weighted by Crippen LogP contribution is 2.36. The predicted molar refractivity (Wildman–Crippen MR) is 153 cm³/mol. The number of aromatic nitrogens is 3. The summed E-state index contributed by atoms with van der Waals surface area (Å²) in [6.45, 7) is 7.24. The van der Waals surface area contributed by atoms with Gasteiger partial charge in [-0.25, -0.2) is 13.8 Å². The van der Waals surface area contributed by atoms with Crippen LogP contribution in [-0.4, -0.2) is 53.5 Å². The first-order valence-corrected chi connectivity index (χ1v) is 13.3. The van der Waals surface area contributed by atoms with Crippen molar-refractivity contribution in [2.24, 2.45) is 4.99 Å². The van der Waals surface area contributed by atoms with Crippen LogP contribution in [0.1, 0.15) is 25.0 Å². The summed E-state index contributed by atoms with van der Waals surface area (Å²) in [5.41, 5.74) is 2.52. The molecule has 0 atom stereocenters. The second-order valence-electron chi connectivity index (χ2n) is 9.93. The van der Waals surface area contributed by atoms with Crippen molar-refractivity contribution < 1.29 is 13.5 Å². The zero-order valence-corrected chi connectivity index (χ0v) is 22.4. The fourth-order valence-corrected chi connectivity index (χ4v) is 5.09. The maximum atomic E-state index is 15.4. The molecule has 1 saturated heterocycles.